The van der Waals surface area contributed by atoms with Gasteiger partial charge in [-0.1, -0.05) is 13.3 Å². The molecule has 4 rings (SSSR count). The van der Waals surface area contributed by atoms with Crippen molar-refractivity contribution in [2.75, 3.05) is 23.3 Å². The molecule has 2 aromatic carbocycles. The van der Waals surface area contributed by atoms with Crippen LogP contribution in [0.2, 0.25) is 0 Å². The number of hydrogen-bond donors (Lipinski definition) is 2. The topological polar surface area (TPSA) is 65.2 Å². The van der Waals surface area contributed by atoms with Crippen LogP contribution >= 0.6 is 0 Å². The van der Waals surface area contributed by atoms with Gasteiger partial charge in [-0.3, -0.25) is 9.59 Å². The van der Waals surface area contributed by atoms with Crippen molar-refractivity contribution >= 4 is 28.2 Å². The largest absolute Gasteiger partial charge is 0.372 e. The maximum Gasteiger partial charge on any atom is 0.255 e. The number of nitrogens with zero attached hydrogens (tertiary/aromatic N) is 1. The van der Waals surface area contributed by atoms with Crippen LogP contribution in [0.5, 0.6) is 0 Å². The van der Waals surface area contributed by atoms with Gasteiger partial charge >= 0.3 is 0 Å². The van der Waals surface area contributed by atoms with E-state index in [0.717, 1.165) is 43.6 Å². The number of benzene rings is 2. The highest BCUT2D eigenvalue weighted by atomic mass is 16.1. The minimum atomic E-state index is -0.184. The van der Waals surface area contributed by atoms with E-state index in [-0.39, 0.29) is 11.3 Å². The molecule has 1 aliphatic heterocycles. The van der Waals surface area contributed by atoms with Crippen molar-refractivity contribution in [3.63, 3.8) is 0 Å². The maximum atomic E-state index is 12.7. The third-order valence-electron chi connectivity index (χ3n) is 5.62. The molecule has 0 radical (unpaired) electrons. The van der Waals surface area contributed by atoms with Crippen LogP contribution in [0.25, 0.3) is 10.9 Å². The number of H-pyrrole nitrogens is 1. The van der Waals surface area contributed by atoms with Crippen molar-refractivity contribution < 1.29 is 4.79 Å². The summed E-state index contributed by atoms with van der Waals surface area (Å²) in [6.45, 7) is 4.31. The van der Waals surface area contributed by atoms with Gasteiger partial charge in [-0.2, -0.15) is 0 Å². The molecule has 0 unspecified atom stereocenters. The highest BCUT2D eigenvalue weighted by Crippen LogP contribution is 2.22. The first-order valence-corrected chi connectivity index (χ1v) is 10.5. The number of fused-ring (bicyclic) bond motifs is 1. The number of carbonyl (C=O) groups excluding carboxylic acids is 1. The molecule has 1 fully saturated rings. The van der Waals surface area contributed by atoms with Crippen molar-refractivity contribution in [2.24, 2.45) is 0 Å². The minimum absolute atomic E-state index is 0.0525. The van der Waals surface area contributed by atoms with Gasteiger partial charge in [0.1, 0.15) is 0 Å². The Bertz CT molecular complexity index is 1060. The summed E-state index contributed by atoms with van der Waals surface area (Å²) < 4.78 is 0. The molecule has 29 heavy (non-hydrogen) atoms. The molecule has 2 N–H and O–H groups in total. The summed E-state index contributed by atoms with van der Waals surface area (Å²) in [5.41, 5.74) is 4.03. The number of hydrogen-bond acceptors (Lipinski definition) is 3. The van der Waals surface area contributed by atoms with E-state index in [1.165, 1.54) is 18.5 Å². The van der Waals surface area contributed by atoms with Crippen molar-refractivity contribution in [2.45, 2.75) is 39.0 Å². The smallest absolute Gasteiger partial charge is 0.255 e. The highest BCUT2D eigenvalue weighted by Gasteiger charge is 2.13. The molecular weight excluding hydrogens is 362 g/mol. The quantitative estimate of drug-likeness (QED) is 0.641. The Hall–Kier alpha value is -3.08. The summed E-state index contributed by atoms with van der Waals surface area (Å²) in [6, 6.07) is 13.2. The van der Waals surface area contributed by atoms with Crippen molar-refractivity contribution in [1.82, 2.24) is 4.98 Å². The minimum Gasteiger partial charge on any atom is -0.372 e. The van der Waals surface area contributed by atoms with Gasteiger partial charge in [0.2, 0.25) is 0 Å². The monoisotopic (exact) mass is 389 g/mol. The standard InChI is InChI=1S/C24H27N3O2/c1-2-3-6-18-16-25-22-15-17(7-12-21(22)23(18)28)24(29)26-19-8-10-20(11-9-19)27-13-4-5-14-27/h7-12,15-16H,2-6,13-14H2,1H3,(H,25,28)(H,26,29). The first-order valence-electron chi connectivity index (χ1n) is 10.5. The second kappa shape index (κ2) is 8.52. The van der Waals surface area contributed by atoms with Gasteiger partial charge in [0.25, 0.3) is 5.91 Å². The summed E-state index contributed by atoms with van der Waals surface area (Å²) in [5.74, 6) is -0.184. The summed E-state index contributed by atoms with van der Waals surface area (Å²) in [7, 11) is 0. The number of aromatic amines is 1. The fourth-order valence-electron chi connectivity index (χ4n) is 3.89. The van der Waals surface area contributed by atoms with Crippen molar-refractivity contribution in [3.8, 4) is 0 Å². The fraction of sp³-hybridized carbons (Fsp3) is 0.333. The van der Waals surface area contributed by atoms with Crippen molar-refractivity contribution in [1.29, 1.82) is 0 Å². The molecule has 0 bridgehead atoms. The molecule has 5 heteroatoms. The van der Waals surface area contributed by atoms with Crippen LogP contribution in [0.15, 0.2) is 53.5 Å². The van der Waals surface area contributed by atoms with Gasteiger partial charge in [-0.15, -0.1) is 0 Å². The van der Waals surface area contributed by atoms with Crippen LogP contribution < -0.4 is 15.6 Å². The van der Waals surface area contributed by atoms with Crippen LogP contribution in [0, 0.1) is 0 Å². The summed E-state index contributed by atoms with van der Waals surface area (Å²) in [6.07, 6.45) is 7.07. The lowest BCUT2D eigenvalue weighted by atomic mass is 10.1. The molecule has 0 saturated carbocycles. The number of pyridine rings is 1. The molecule has 2 heterocycles. The zero-order valence-electron chi connectivity index (χ0n) is 16.8. The maximum absolute atomic E-state index is 12.7. The van der Waals surface area contributed by atoms with E-state index in [9.17, 15) is 9.59 Å². The Morgan fingerprint density at radius 1 is 1.10 bits per heavy atom. The lowest BCUT2D eigenvalue weighted by Gasteiger charge is -2.17. The molecule has 0 atom stereocenters. The summed E-state index contributed by atoms with van der Waals surface area (Å²) in [5, 5.41) is 3.57. The van der Waals surface area contributed by atoms with Crippen LogP contribution in [-0.4, -0.2) is 24.0 Å². The number of anilines is 2. The number of nitrogens with one attached hydrogen (secondary N) is 2. The normalized spacial score (nSPS) is 13.8. The number of aryl methyl sites for hydroxylation is 1. The molecule has 1 amide bonds. The number of unbranched alkanes of at least 4 members (excludes halogenated alkanes) is 1. The van der Waals surface area contributed by atoms with Gasteiger partial charge in [-0.25, -0.2) is 0 Å². The fourth-order valence-corrected chi connectivity index (χ4v) is 3.89. The van der Waals surface area contributed by atoms with E-state index in [0.29, 0.717) is 16.5 Å². The van der Waals surface area contributed by atoms with Crippen LogP contribution in [0.1, 0.15) is 48.5 Å². The Balaban J connectivity index is 1.50. The molecule has 0 aliphatic carbocycles. The van der Waals surface area contributed by atoms with Crippen LogP contribution in [0.3, 0.4) is 0 Å². The van der Waals surface area contributed by atoms with Crippen LogP contribution in [0.4, 0.5) is 11.4 Å². The lowest BCUT2D eigenvalue weighted by Crippen LogP contribution is -2.17. The number of carbonyl (C=O) groups is 1. The first-order chi connectivity index (χ1) is 14.2. The average Bonchev–Trinajstić information content (AvgIpc) is 3.28. The van der Waals surface area contributed by atoms with Gasteiger partial charge in [0.15, 0.2) is 5.43 Å². The predicted molar refractivity (Wildman–Crippen MR) is 119 cm³/mol. The number of aromatic nitrogens is 1. The van der Waals surface area contributed by atoms with Gasteiger partial charge in [0.05, 0.1) is 5.52 Å². The number of amides is 1. The SMILES string of the molecule is CCCCc1c[nH]c2cc(C(=O)Nc3ccc(N4CCCC4)cc3)ccc2c1=O. The van der Waals surface area contributed by atoms with Crippen molar-refractivity contribution in [3.05, 3.63) is 70.0 Å². The Kier molecular flexibility index (Phi) is 5.65. The molecule has 5 nitrogen and oxygen atoms in total. The second-order valence-electron chi connectivity index (χ2n) is 7.70. The van der Waals surface area contributed by atoms with E-state index < -0.39 is 0 Å². The average molecular weight is 389 g/mol. The van der Waals surface area contributed by atoms with Crippen LogP contribution in [-0.2, 0) is 6.42 Å². The third kappa shape index (κ3) is 4.19. The zero-order valence-corrected chi connectivity index (χ0v) is 16.8. The second-order valence-corrected chi connectivity index (χ2v) is 7.70. The summed E-state index contributed by atoms with van der Waals surface area (Å²) in [4.78, 5) is 30.8. The molecule has 1 aliphatic rings. The number of rotatable bonds is 6. The van der Waals surface area contributed by atoms with Gasteiger partial charge in [0, 0.05) is 47.2 Å². The van der Waals surface area contributed by atoms with E-state index in [4.69, 9.17) is 0 Å². The molecule has 1 aromatic heterocycles. The predicted octanol–water partition coefficient (Wildman–Crippen LogP) is 4.72. The van der Waals surface area contributed by atoms with Gasteiger partial charge in [-0.05, 0) is 68.1 Å². The Morgan fingerprint density at radius 2 is 1.86 bits per heavy atom. The summed E-state index contributed by atoms with van der Waals surface area (Å²) >= 11 is 0. The van der Waals surface area contributed by atoms with E-state index in [1.54, 1.807) is 24.4 Å². The lowest BCUT2D eigenvalue weighted by molar-refractivity contribution is 0.102. The molecule has 0 spiro atoms. The first kappa shape index (κ1) is 19.2. The Morgan fingerprint density at radius 3 is 2.59 bits per heavy atom. The molecular formula is C24H27N3O2. The molecule has 3 aromatic rings. The third-order valence-corrected chi connectivity index (χ3v) is 5.62. The molecule has 150 valence electrons. The zero-order chi connectivity index (χ0) is 20.2. The van der Waals surface area contributed by atoms with Gasteiger partial charge < -0.3 is 15.2 Å². The highest BCUT2D eigenvalue weighted by molar-refractivity contribution is 6.06. The van der Waals surface area contributed by atoms with E-state index in [2.05, 4.69) is 34.3 Å². The molecule has 1 saturated heterocycles. The van der Waals surface area contributed by atoms with E-state index in [1.807, 2.05) is 12.1 Å². The van der Waals surface area contributed by atoms with E-state index >= 15 is 0 Å². The Labute approximate surface area is 170 Å².